The van der Waals surface area contributed by atoms with Crippen molar-refractivity contribution in [3.8, 4) is 6.07 Å². The summed E-state index contributed by atoms with van der Waals surface area (Å²) in [6.45, 7) is 4.57. The highest BCUT2D eigenvalue weighted by Crippen LogP contribution is 2.39. The maximum Gasteiger partial charge on any atom is 0.0992 e. The molecular formula is C16H20BrN3. The third-order valence-corrected chi connectivity index (χ3v) is 5.27. The van der Waals surface area contributed by atoms with Crippen LogP contribution >= 0.6 is 15.9 Å². The molecule has 0 aliphatic carbocycles. The van der Waals surface area contributed by atoms with Gasteiger partial charge < -0.3 is 10.2 Å². The maximum absolute atomic E-state index is 8.97. The summed E-state index contributed by atoms with van der Waals surface area (Å²) in [4.78, 5) is 2.49. The van der Waals surface area contributed by atoms with Gasteiger partial charge in [0.25, 0.3) is 0 Å². The second kappa shape index (κ2) is 5.75. The molecule has 0 saturated carbocycles. The molecule has 106 valence electrons. The molecule has 3 rings (SSSR count). The molecule has 0 bridgehead atoms. The van der Waals surface area contributed by atoms with Gasteiger partial charge in [0.1, 0.15) is 0 Å². The zero-order valence-corrected chi connectivity index (χ0v) is 13.2. The predicted octanol–water partition coefficient (Wildman–Crippen LogP) is 3.29. The Hall–Kier alpha value is -1.05. The predicted molar refractivity (Wildman–Crippen MR) is 84.8 cm³/mol. The van der Waals surface area contributed by atoms with E-state index < -0.39 is 0 Å². The second-order valence-corrected chi connectivity index (χ2v) is 6.94. The fourth-order valence-electron chi connectivity index (χ4n) is 3.63. The van der Waals surface area contributed by atoms with Crippen LogP contribution in [0.2, 0.25) is 0 Å². The number of anilines is 1. The first kappa shape index (κ1) is 13.9. The molecule has 4 heteroatoms. The third kappa shape index (κ3) is 2.70. The van der Waals surface area contributed by atoms with Gasteiger partial charge >= 0.3 is 0 Å². The highest BCUT2D eigenvalue weighted by Gasteiger charge is 2.36. The molecular weight excluding hydrogens is 314 g/mol. The van der Waals surface area contributed by atoms with E-state index in [0.717, 1.165) is 24.1 Å². The number of nitrogens with one attached hydrogen (secondary N) is 1. The summed E-state index contributed by atoms with van der Waals surface area (Å²) >= 11 is 3.63. The van der Waals surface area contributed by atoms with Crippen LogP contribution in [0.3, 0.4) is 0 Å². The van der Waals surface area contributed by atoms with Crippen molar-refractivity contribution in [2.75, 3.05) is 31.1 Å². The monoisotopic (exact) mass is 333 g/mol. The van der Waals surface area contributed by atoms with Crippen molar-refractivity contribution < 1.29 is 0 Å². The van der Waals surface area contributed by atoms with Crippen molar-refractivity contribution in [2.24, 2.45) is 5.41 Å². The van der Waals surface area contributed by atoms with Gasteiger partial charge in [0.15, 0.2) is 0 Å². The number of halogens is 1. The number of nitriles is 1. The summed E-state index contributed by atoms with van der Waals surface area (Å²) in [5.74, 6) is 0. The molecule has 1 N–H and O–H groups in total. The quantitative estimate of drug-likeness (QED) is 0.857. The Bertz CT molecular complexity index is 524. The number of hydrogen-bond donors (Lipinski definition) is 1. The van der Waals surface area contributed by atoms with E-state index in [-0.39, 0.29) is 0 Å². The topological polar surface area (TPSA) is 39.1 Å². The van der Waals surface area contributed by atoms with Crippen LogP contribution < -0.4 is 10.2 Å². The number of benzene rings is 1. The second-order valence-electron chi connectivity index (χ2n) is 6.08. The fourth-order valence-corrected chi connectivity index (χ4v) is 4.25. The highest BCUT2D eigenvalue weighted by molar-refractivity contribution is 9.10. The molecule has 20 heavy (non-hydrogen) atoms. The van der Waals surface area contributed by atoms with E-state index in [1.165, 1.54) is 37.9 Å². The van der Waals surface area contributed by atoms with Crippen molar-refractivity contribution in [3.63, 3.8) is 0 Å². The van der Waals surface area contributed by atoms with Crippen LogP contribution in [0.4, 0.5) is 5.69 Å². The lowest BCUT2D eigenvalue weighted by Gasteiger charge is -2.46. The first-order valence-electron chi connectivity index (χ1n) is 7.38. The van der Waals surface area contributed by atoms with E-state index in [2.05, 4.69) is 38.3 Å². The molecule has 0 radical (unpaired) electrons. The molecule has 3 nitrogen and oxygen atoms in total. The molecule has 1 aromatic carbocycles. The van der Waals surface area contributed by atoms with E-state index in [4.69, 9.17) is 5.26 Å². The van der Waals surface area contributed by atoms with Crippen molar-refractivity contribution in [1.82, 2.24) is 5.32 Å². The molecule has 2 aliphatic heterocycles. The molecule has 2 fully saturated rings. The number of hydrogen-bond acceptors (Lipinski definition) is 3. The van der Waals surface area contributed by atoms with Gasteiger partial charge in [-0.3, -0.25) is 0 Å². The van der Waals surface area contributed by atoms with Crippen molar-refractivity contribution in [3.05, 3.63) is 28.2 Å². The summed E-state index contributed by atoms with van der Waals surface area (Å²) < 4.78 is 1.04. The van der Waals surface area contributed by atoms with Gasteiger partial charge in [-0.1, -0.05) is 0 Å². The van der Waals surface area contributed by atoms with E-state index in [1.807, 2.05) is 12.1 Å². The first-order chi connectivity index (χ1) is 9.72. The molecule has 2 aliphatic rings. The summed E-state index contributed by atoms with van der Waals surface area (Å²) in [7, 11) is 0. The SMILES string of the molecule is N#Cc1ccc(N2CCCC3(CCCNC3)C2)c(Br)c1. The summed E-state index contributed by atoms with van der Waals surface area (Å²) in [5, 5.41) is 12.5. The first-order valence-corrected chi connectivity index (χ1v) is 8.17. The minimum atomic E-state index is 0.448. The van der Waals surface area contributed by atoms with Crippen LogP contribution in [0.1, 0.15) is 31.2 Å². The van der Waals surface area contributed by atoms with Crippen LogP contribution in [0, 0.1) is 16.7 Å². The lowest BCUT2D eigenvalue weighted by molar-refractivity contribution is 0.173. The Morgan fingerprint density at radius 1 is 1.30 bits per heavy atom. The average Bonchev–Trinajstić information content (AvgIpc) is 2.48. The van der Waals surface area contributed by atoms with Gasteiger partial charge in [0, 0.05) is 29.5 Å². The molecule has 1 spiro atoms. The molecule has 1 atom stereocenters. The normalized spacial score (nSPS) is 26.5. The Kier molecular flexibility index (Phi) is 4.00. The summed E-state index contributed by atoms with van der Waals surface area (Å²) in [5.41, 5.74) is 2.39. The summed E-state index contributed by atoms with van der Waals surface area (Å²) in [6.07, 6.45) is 5.23. The standard InChI is InChI=1S/C16H20BrN3/c17-14-9-13(10-18)3-4-15(14)20-8-2-6-16(12-20)5-1-7-19-11-16/h3-4,9,19H,1-2,5-8,11-12H2. The van der Waals surface area contributed by atoms with Gasteiger partial charge in [-0.05, 0) is 66.4 Å². The third-order valence-electron chi connectivity index (χ3n) is 4.64. The number of rotatable bonds is 1. The minimum absolute atomic E-state index is 0.448. The van der Waals surface area contributed by atoms with Gasteiger partial charge in [-0.25, -0.2) is 0 Å². The number of nitrogens with zero attached hydrogens (tertiary/aromatic N) is 2. The van der Waals surface area contributed by atoms with Gasteiger partial charge in [-0.2, -0.15) is 5.26 Å². The Morgan fingerprint density at radius 3 is 2.85 bits per heavy atom. The molecule has 1 unspecified atom stereocenters. The average molecular weight is 334 g/mol. The Morgan fingerprint density at radius 2 is 2.15 bits per heavy atom. The lowest BCUT2D eigenvalue weighted by atomic mass is 9.74. The molecule has 2 saturated heterocycles. The van der Waals surface area contributed by atoms with Gasteiger partial charge in [0.05, 0.1) is 17.3 Å². The highest BCUT2D eigenvalue weighted by atomic mass is 79.9. The largest absolute Gasteiger partial charge is 0.370 e. The van der Waals surface area contributed by atoms with E-state index in [0.29, 0.717) is 11.0 Å². The van der Waals surface area contributed by atoms with Crippen LogP contribution in [-0.4, -0.2) is 26.2 Å². The Balaban J connectivity index is 1.81. The smallest absolute Gasteiger partial charge is 0.0992 e. The fraction of sp³-hybridized carbons (Fsp3) is 0.562. The number of piperidine rings is 2. The molecule has 0 amide bonds. The van der Waals surface area contributed by atoms with Crippen molar-refractivity contribution in [2.45, 2.75) is 25.7 Å². The zero-order chi connectivity index (χ0) is 14.0. The van der Waals surface area contributed by atoms with Gasteiger partial charge in [-0.15, -0.1) is 0 Å². The van der Waals surface area contributed by atoms with Crippen molar-refractivity contribution >= 4 is 21.6 Å². The molecule has 1 aromatic rings. The maximum atomic E-state index is 8.97. The minimum Gasteiger partial charge on any atom is -0.370 e. The van der Waals surface area contributed by atoms with Gasteiger partial charge in [0.2, 0.25) is 0 Å². The molecule has 2 heterocycles. The van der Waals surface area contributed by atoms with Crippen LogP contribution in [0.15, 0.2) is 22.7 Å². The van der Waals surface area contributed by atoms with E-state index >= 15 is 0 Å². The lowest BCUT2D eigenvalue weighted by Crippen LogP contribution is -2.51. The zero-order valence-electron chi connectivity index (χ0n) is 11.7. The van der Waals surface area contributed by atoms with E-state index in [1.54, 1.807) is 0 Å². The van der Waals surface area contributed by atoms with E-state index in [9.17, 15) is 0 Å². The van der Waals surface area contributed by atoms with Crippen LogP contribution in [0.5, 0.6) is 0 Å². The van der Waals surface area contributed by atoms with Crippen LogP contribution in [0.25, 0.3) is 0 Å². The molecule has 0 aromatic heterocycles. The van der Waals surface area contributed by atoms with Crippen LogP contribution in [-0.2, 0) is 0 Å². The summed E-state index contributed by atoms with van der Waals surface area (Å²) in [6, 6.07) is 8.12. The van der Waals surface area contributed by atoms with Crippen molar-refractivity contribution in [1.29, 1.82) is 5.26 Å². The Labute approximate surface area is 129 Å².